The van der Waals surface area contributed by atoms with E-state index >= 15 is 0 Å². The van der Waals surface area contributed by atoms with Crippen molar-refractivity contribution in [2.75, 3.05) is 5.32 Å². The highest BCUT2D eigenvalue weighted by atomic mass is 35.5. The Morgan fingerprint density at radius 3 is 2.86 bits per heavy atom. The van der Waals surface area contributed by atoms with Gasteiger partial charge in [-0.2, -0.15) is 0 Å². The second kappa shape index (κ2) is 7.33. The minimum atomic E-state index is -0.899. The van der Waals surface area contributed by atoms with Gasteiger partial charge in [0.2, 0.25) is 0 Å². The van der Waals surface area contributed by atoms with Crippen molar-refractivity contribution in [3.8, 4) is 0 Å². The highest BCUT2D eigenvalue weighted by Gasteiger charge is 2.23. The minimum Gasteiger partial charge on any atom is -0.449 e. The van der Waals surface area contributed by atoms with Gasteiger partial charge in [0.05, 0.1) is 11.3 Å². The van der Waals surface area contributed by atoms with Crippen LogP contribution in [-0.4, -0.2) is 27.9 Å². The molecule has 2 aromatic rings. The van der Waals surface area contributed by atoms with E-state index in [2.05, 4.69) is 15.3 Å². The Morgan fingerprint density at radius 2 is 2.27 bits per heavy atom. The van der Waals surface area contributed by atoms with E-state index in [1.165, 1.54) is 29.7 Å². The number of nitrogens with one attached hydrogen (secondary N) is 1. The van der Waals surface area contributed by atoms with Crippen LogP contribution in [0.2, 0.25) is 5.15 Å². The molecule has 0 saturated heterocycles. The van der Waals surface area contributed by atoms with Crippen molar-refractivity contribution in [1.29, 1.82) is 0 Å². The van der Waals surface area contributed by atoms with Gasteiger partial charge in [-0.3, -0.25) is 10.1 Å². The van der Waals surface area contributed by atoms with Crippen LogP contribution in [0.15, 0.2) is 23.7 Å². The summed E-state index contributed by atoms with van der Waals surface area (Å²) in [4.78, 5) is 32.1. The molecule has 2 heterocycles. The number of hydrogen-bond acceptors (Lipinski definition) is 6. The molecule has 8 heteroatoms. The first-order valence-corrected chi connectivity index (χ1v) is 7.81. The monoisotopic (exact) mass is 339 g/mol. The van der Waals surface area contributed by atoms with Crippen LogP contribution in [-0.2, 0) is 9.53 Å². The molecule has 0 aromatic carbocycles. The Labute approximate surface area is 136 Å². The molecule has 0 fully saturated rings. The van der Waals surface area contributed by atoms with Gasteiger partial charge >= 0.3 is 5.97 Å². The van der Waals surface area contributed by atoms with E-state index in [4.69, 9.17) is 16.3 Å². The van der Waals surface area contributed by atoms with E-state index in [-0.39, 0.29) is 10.7 Å². The molecule has 6 nitrogen and oxygen atoms in total. The maximum absolute atomic E-state index is 12.1. The molecular weight excluding hydrogens is 326 g/mol. The van der Waals surface area contributed by atoms with Crippen molar-refractivity contribution in [2.45, 2.75) is 26.4 Å². The van der Waals surface area contributed by atoms with Gasteiger partial charge in [0.15, 0.2) is 11.2 Å². The zero-order valence-electron chi connectivity index (χ0n) is 12.0. The standard InChI is InChI=1S/C14H14ClN3O3S/c1-3-10(12(19)18-14-17-8(2)7-22-14)21-13(20)9-4-5-16-11(15)6-9/h4-7,10H,3H2,1-2H3,(H,17,18,19). The van der Waals surface area contributed by atoms with Crippen LogP contribution in [0.5, 0.6) is 0 Å². The quantitative estimate of drug-likeness (QED) is 0.668. The van der Waals surface area contributed by atoms with E-state index < -0.39 is 18.0 Å². The first-order chi connectivity index (χ1) is 10.5. The minimum absolute atomic E-state index is 0.185. The molecule has 0 saturated carbocycles. The van der Waals surface area contributed by atoms with Gasteiger partial charge in [0.1, 0.15) is 5.15 Å². The molecule has 0 bridgehead atoms. The number of thiazole rings is 1. The van der Waals surface area contributed by atoms with Gasteiger partial charge in [-0.05, 0) is 25.5 Å². The van der Waals surface area contributed by atoms with E-state index in [1.807, 2.05) is 12.3 Å². The summed E-state index contributed by atoms with van der Waals surface area (Å²) in [6.45, 7) is 3.58. The van der Waals surface area contributed by atoms with Crippen LogP contribution < -0.4 is 5.32 Å². The summed E-state index contributed by atoms with van der Waals surface area (Å²) in [6, 6.07) is 2.86. The van der Waals surface area contributed by atoms with Gasteiger partial charge in [-0.15, -0.1) is 11.3 Å². The lowest BCUT2D eigenvalue weighted by Gasteiger charge is -2.15. The Morgan fingerprint density at radius 1 is 1.50 bits per heavy atom. The lowest BCUT2D eigenvalue weighted by atomic mass is 10.2. The number of ether oxygens (including phenoxy) is 1. The Kier molecular flexibility index (Phi) is 5.46. The number of nitrogens with zero attached hydrogens (tertiary/aromatic N) is 2. The fourth-order valence-corrected chi connectivity index (χ4v) is 2.51. The van der Waals surface area contributed by atoms with Crippen molar-refractivity contribution < 1.29 is 14.3 Å². The maximum Gasteiger partial charge on any atom is 0.339 e. The zero-order valence-corrected chi connectivity index (χ0v) is 13.6. The number of esters is 1. The van der Waals surface area contributed by atoms with Gasteiger partial charge in [-0.25, -0.2) is 14.8 Å². The predicted molar refractivity (Wildman–Crippen MR) is 84.2 cm³/mol. The Bertz CT molecular complexity index is 689. The predicted octanol–water partition coefficient (Wildman–Crippen LogP) is 3.07. The van der Waals surface area contributed by atoms with Gasteiger partial charge in [0.25, 0.3) is 5.91 Å². The summed E-state index contributed by atoms with van der Waals surface area (Å²) >= 11 is 7.04. The topological polar surface area (TPSA) is 81.2 Å². The van der Waals surface area contributed by atoms with Crippen molar-refractivity contribution >= 4 is 39.9 Å². The van der Waals surface area contributed by atoms with Crippen LogP contribution in [0.1, 0.15) is 29.4 Å². The molecule has 116 valence electrons. The summed E-state index contributed by atoms with van der Waals surface area (Å²) in [5.74, 6) is -1.04. The van der Waals surface area contributed by atoms with E-state index in [0.29, 0.717) is 11.6 Å². The summed E-state index contributed by atoms with van der Waals surface area (Å²) in [7, 11) is 0. The van der Waals surface area contributed by atoms with E-state index in [9.17, 15) is 9.59 Å². The molecular formula is C14H14ClN3O3S. The summed E-state index contributed by atoms with van der Waals surface area (Å²) in [5.41, 5.74) is 1.06. The molecule has 1 unspecified atom stereocenters. The molecule has 0 spiro atoms. The maximum atomic E-state index is 12.1. The zero-order chi connectivity index (χ0) is 16.1. The SMILES string of the molecule is CCC(OC(=O)c1ccnc(Cl)c1)C(=O)Nc1nc(C)cs1. The highest BCUT2D eigenvalue weighted by molar-refractivity contribution is 7.13. The second-order valence-electron chi connectivity index (χ2n) is 4.45. The van der Waals surface area contributed by atoms with Gasteiger partial charge in [0, 0.05) is 11.6 Å². The first-order valence-electron chi connectivity index (χ1n) is 6.55. The Balaban J connectivity index is 2.02. The molecule has 1 atom stereocenters. The largest absolute Gasteiger partial charge is 0.449 e. The number of carbonyl (C=O) groups excluding carboxylic acids is 2. The normalized spacial score (nSPS) is 11.8. The summed E-state index contributed by atoms with van der Waals surface area (Å²) in [5, 5.41) is 5.12. The molecule has 0 radical (unpaired) electrons. The lowest BCUT2D eigenvalue weighted by Crippen LogP contribution is -2.32. The number of anilines is 1. The molecule has 0 aliphatic rings. The first kappa shape index (κ1) is 16.4. The van der Waals surface area contributed by atoms with Crippen molar-refractivity contribution in [1.82, 2.24) is 9.97 Å². The number of aromatic nitrogens is 2. The number of rotatable bonds is 5. The third-order valence-electron chi connectivity index (χ3n) is 2.72. The van der Waals surface area contributed by atoms with E-state index in [0.717, 1.165) is 5.69 Å². The molecule has 1 N–H and O–H groups in total. The molecule has 0 aliphatic carbocycles. The fourth-order valence-electron chi connectivity index (χ4n) is 1.65. The van der Waals surface area contributed by atoms with Crippen LogP contribution in [0.4, 0.5) is 5.13 Å². The van der Waals surface area contributed by atoms with Crippen LogP contribution >= 0.6 is 22.9 Å². The van der Waals surface area contributed by atoms with Crippen LogP contribution in [0, 0.1) is 6.92 Å². The molecule has 22 heavy (non-hydrogen) atoms. The highest BCUT2D eigenvalue weighted by Crippen LogP contribution is 2.16. The molecule has 2 aromatic heterocycles. The number of pyridine rings is 1. The third kappa shape index (κ3) is 4.25. The smallest absolute Gasteiger partial charge is 0.339 e. The Hall–Kier alpha value is -1.99. The second-order valence-corrected chi connectivity index (χ2v) is 5.70. The average Bonchev–Trinajstić information content (AvgIpc) is 2.89. The van der Waals surface area contributed by atoms with Gasteiger partial charge in [-0.1, -0.05) is 18.5 Å². The number of aryl methyl sites for hydroxylation is 1. The number of carbonyl (C=O) groups is 2. The number of hydrogen-bond donors (Lipinski definition) is 1. The average molecular weight is 340 g/mol. The number of halogens is 1. The molecule has 1 amide bonds. The third-order valence-corrected chi connectivity index (χ3v) is 3.81. The van der Waals surface area contributed by atoms with Crippen LogP contribution in [0.25, 0.3) is 0 Å². The molecule has 2 rings (SSSR count). The van der Waals surface area contributed by atoms with Crippen LogP contribution in [0.3, 0.4) is 0 Å². The van der Waals surface area contributed by atoms with Gasteiger partial charge < -0.3 is 4.74 Å². The lowest BCUT2D eigenvalue weighted by molar-refractivity contribution is -0.124. The fraction of sp³-hybridized carbons (Fsp3) is 0.286. The van der Waals surface area contributed by atoms with Crippen molar-refractivity contribution in [3.05, 3.63) is 40.1 Å². The molecule has 0 aliphatic heterocycles. The number of amides is 1. The van der Waals surface area contributed by atoms with Crippen molar-refractivity contribution in [3.63, 3.8) is 0 Å². The van der Waals surface area contributed by atoms with E-state index in [1.54, 1.807) is 6.92 Å². The summed E-state index contributed by atoms with van der Waals surface area (Å²) in [6.07, 6.45) is 0.850. The summed E-state index contributed by atoms with van der Waals surface area (Å²) < 4.78 is 5.22. The van der Waals surface area contributed by atoms with Crippen molar-refractivity contribution in [2.24, 2.45) is 0 Å².